The smallest absolute Gasteiger partial charge is 0.188 e. The molecule has 0 radical (unpaired) electrons. The van der Waals surface area contributed by atoms with Gasteiger partial charge in [-0.25, -0.2) is 0 Å². The second kappa shape index (κ2) is 10.00. The Morgan fingerprint density at radius 2 is 1.19 bits per heavy atom. The topological polar surface area (TPSA) is 36.9 Å². The molecule has 0 spiro atoms. The maximum absolute atomic E-state index is 6.02. The monoisotopic (exact) mass is 428 g/mol. The van der Waals surface area contributed by atoms with E-state index < -0.39 is 0 Å². The number of hydrogen-bond acceptors (Lipinski definition) is 4. The number of rotatable bonds is 9. The van der Waals surface area contributed by atoms with Gasteiger partial charge >= 0.3 is 0 Å². The van der Waals surface area contributed by atoms with Crippen molar-refractivity contribution >= 4 is 15.9 Å². The lowest BCUT2D eigenvalue weighted by Gasteiger charge is -2.16. The summed E-state index contributed by atoms with van der Waals surface area (Å²) in [6.07, 6.45) is 0. The van der Waals surface area contributed by atoms with Gasteiger partial charge in [0.25, 0.3) is 0 Å². The molecule has 5 heteroatoms. The fraction of sp³-hybridized carbons (Fsp3) is 0.182. The molecule has 0 atom stereocenters. The summed E-state index contributed by atoms with van der Waals surface area (Å²) in [6.45, 7) is 1.04. The maximum atomic E-state index is 6.02. The number of hydrogen-bond donors (Lipinski definition) is 0. The van der Waals surface area contributed by atoms with E-state index in [1.807, 2.05) is 72.8 Å². The predicted molar refractivity (Wildman–Crippen MR) is 108 cm³/mol. The van der Waals surface area contributed by atoms with Gasteiger partial charge in [-0.1, -0.05) is 60.7 Å². The van der Waals surface area contributed by atoms with Crippen LogP contribution in [0, 0.1) is 0 Å². The van der Waals surface area contributed by atoms with Gasteiger partial charge < -0.3 is 18.9 Å². The molecule has 3 rings (SSSR count). The molecule has 0 saturated carbocycles. The van der Waals surface area contributed by atoms with Crippen molar-refractivity contribution in [1.29, 1.82) is 0 Å². The summed E-state index contributed by atoms with van der Waals surface area (Å²) in [5.41, 5.74) is 2.16. The minimum Gasteiger partial charge on any atom is -0.485 e. The van der Waals surface area contributed by atoms with Crippen LogP contribution in [0.15, 0.2) is 77.3 Å². The third-order valence-electron chi connectivity index (χ3n) is 3.80. The lowest BCUT2D eigenvalue weighted by atomic mass is 10.2. The Kier molecular flexibility index (Phi) is 7.13. The van der Waals surface area contributed by atoms with Crippen molar-refractivity contribution in [2.24, 2.45) is 0 Å². The highest BCUT2D eigenvalue weighted by molar-refractivity contribution is 9.10. The Bertz CT molecular complexity index is 838. The highest BCUT2D eigenvalue weighted by Gasteiger charge is 2.13. The van der Waals surface area contributed by atoms with Crippen LogP contribution in [0.5, 0.6) is 17.2 Å². The summed E-state index contributed by atoms with van der Waals surface area (Å²) in [5.74, 6) is 1.89. The highest BCUT2D eigenvalue weighted by atomic mass is 79.9. The Balaban J connectivity index is 1.79. The summed E-state index contributed by atoms with van der Waals surface area (Å²) in [7, 11) is 1.58. The van der Waals surface area contributed by atoms with Crippen molar-refractivity contribution in [1.82, 2.24) is 0 Å². The maximum Gasteiger partial charge on any atom is 0.188 e. The van der Waals surface area contributed by atoms with E-state index in [0.29, 0.717) is 30.5 Å². The quantitative estimate of drug-likeness (QED) is 0.416. The highest BCUT2D eigenvalue weighted by Crippen LogP contribution is 2.39. The predicted octanol–water partition coefficient (Wildman–Crippen LogP) is 5.59. The zero-order valence-electron chi connectivity index (χ0n) is 15.1. The Hall–Kier alpha value is -2.50. The summed E-state index contributed by atoms with van der Waals surface area (Å²) >= 11 is 3.52. The lowest BCUT2D eigenvalue weighted by Crippen LogP contribution is -2.03. The minimum absolute atomic E-state index is 0.154. The van der Waals surface area contributed by atoms with Crippen molar-refractivity contribution < 1.29 is 18.9 Å². The van der Waals surface area contributed by atoms with Gasteiger partial charge in [0.05, 0.1) is 4.47 Å². The number of methoxy groups -OCH3 is 1. The van der Waals surface area contributed by atoms with Gasteiger partial charge in [0.1, 0.15) is 19.0 Å². The summed E-state index contributed by atoms with van der Waals surface area (Å²) in [5, 5.41) is 0. The van der Waals surface area contributed by atoms with Gasteiger partial charge in [-0.2, -0.15) is 0 Å². The van der Waals surface area contributed by atoms with Crippen LogP contribution in [0.25, 0.3) is 0 Å². The Morgan fingerprint density at radius 1 is 0.667 bits per heavy atom. The number of halogens is 1. The zero-order valence-corrected chi connectivity index (χ0v) is 16.6. The van der Waals surface area contributed by atoms with Gasteiger partial charge in [-0.3, -0.25) is 0 Å². The number of ether oxygens (including phenoxy) is 4. The molecule has 27 heavy (non-hydrogen) atoms. The lowest BCUT2D eigenvalue weighted by molar-refractivity contribution is 0.0503. The SMILES string of the molecule is COCOc1cc(OCc2ccccc2)c(OCc2ccccc2)cc1Br. The van der Waals surface area contributed by atoms with E-state index in [0.717, 1.165) is 15.6 Å². The molecule has 0 N–H and O–H groups in total. The molecule has 0 aliphatic heterocycles. The molecule has 140 valence electrons. The number of benzene rings is 3. The first-order valence-electron chi connectivity index (χ1n) is 8.55. The van der Waals surface area contributed by atoms with Crippen LogP contribution in [0.4, 0.5) is 0 Å². The van der Waals surface area contributed by atoms with Crippen LogP contribution in [0.1, 0.15) is 11.1 Å². The minimum atomic E-state index is 0.154. The largest absolute Gasteiger partial charge is 0.485 e. The Morgan fingerprint density at radius 3 is 1.70 bits per heavy atom. The van der Waals surface area contributed by atoms with Gasteiger partial charge in [0, 0.05) is 19.2 Å². The molecule has 0 heterocycles. The molecule has 0 bridgehead atoms. The van der Waals surface area contributed by atoms with Crippen molar-refractivity contribution in [2.45, 2.75) is 13.2 Å². The second-order valence-electron chi connectivity index (χ2n) is 5.83. The van der Waals surface area contributed by atoms with E-state index in [-0.39, 0.29) is 6.79 Å². The van der Waals surface area contributed by atoms with Crippen molar-refractivity contribution in [3.8, 4) is 17.2 Å². The molecule has 3 aromatic rings. The summed E-state index contributed by atoms with van der Waals surface area (Å²) in [4.78, 5) is 0. The fourth-order valence-corrected chi connectivity index (χ4v) is 2.88. The van der Waals surface area contributed by atoms with E-state index in [2.05, 4.69) is 15.9 Å². The van der Waals surface area contributed by atoms with Crippen molar-refractivity contribution in [3.05, 3.63) is 88.4 Å². The van der Waals surface area contributed by atoms with Gasteiger partial charge in [-0.05, 0) is 27.1 Å². The molecule has 0 unspecified atom stereocenters. The van der Waals surface area contributed by atoms with Crippen molar-refractivity contribution in [3.63, 3.8) is 0 Å². The molecule has 0 aliphatic rings. The molecule has 0 fully saturated rings. The summed E-state index contributed by atoms with van der Waals surface area (Å²) in [6, 6.07) is 23.7. The van der Waals surface area contributed by atoms with Gasteiger partial charge in [0.15, 0.2) is 18.3 Å². The van der Waals surface area contributed by atoms with Crippen LogP contribution >= 0.6 is 15.9 Å². The third-order valence-corrected chi connectivity index (χ3v) is 4.42. The molecule has 3 aromatic carbocycles. The van der Waals surface area contributed by atoms with Crippen LogP contribution < -0.4 is 14.2 Å². The summed E-state index contributed by atoms with van der Waals surface area (Å²) < 4.78 is 23.4. The molecule has 0 saturated heterocycles. The zero-order chi connectivity index (χ0) is 18.9. The first-order valence-corrected chi connectivity index (χ1v) is 9.34. The van der Waals surface area contributed by atoms with E-state index in [1.54, 1.807) is 7.11 Å². The van der Waals surface area contributed by atoms with Crippen LogP contribution in [0.2, 0.25) is 0 Å². The van der Waals surface area contributed by atoms with E-state index >= 15 is 0 Å². The van der Waals surface area contributed by atoms with E-state index in [1.165, 1.54) is 0 Å². The van der Waals surface area contributed by atoms with Crippen LogP contribution in [0.3, 0.4) is 0 Å². The van der Waals surface area contributed by atoms with E-state index in [4.69, 9.17) is 18.9 Å². The molecule has 0 amide bonds. The first kappa shape index (κ1) is 19.3. The third kappa shape index (κ3) is 5.74. The van der Waals surface area contributed by atoms with Crippen LogP contribution in [-0.4, -0.2) is 13.9 Å². The molecule has 0 aromatic heterocycles. The molecular formula is C22H21BrO4. The van der Waals surface area contributed by atoms with E-state index in [9.17, 15) is 0 Å². The van der Waals surface area contributed by atoms with Crippen molar-refractivity contribution in [2.75, 3.05) is 13.9 Å². The average Bonchev–Trinajstić information content (AvgIpc) is 2.72. The first-order chi connectivity index (χ1) is 13.3. The van der Waals surface area contributed by atoms with Gasteiger partial charge in [-0.15, -0.1) is 0 Å². The second-order valence-corrected chi connectivity index (χ2v) is 6.68. The standard InChI is InChI=1S/C22H21BrO4/c1-24-16-27-20-13-22(26-15-18-10-6-3-7-11-18)21(12-19(20)23)25-14-17-8-4-2-5-9-17/h2-13H,14-16H2,1H3. The fourth-order valence-electron chi connectivity index (χ4n) is 2.45. The normalized spacial score (nSPS) is 10.4. The van der Waals surface area contributed by atoms with Gasteiger partial charge in [0.2, 0.25) is 0 Å². The molecule has 4 nitrogen and oxygen atoms in total. The average molecular weight is 429 g/mol. The Labute approximate surface area is 167 Å². The molecular weight excluding hydrogens is 408 g/mol. The van der Waals surface area contributed by atoms with Crippen LogP contribution in [-0.2, 0) is 18.0 Å². The molecule has 0 aliphatic carbocycles.